The number of hydrogen-bond acceptors (Lipinski definition) is 4. The van der Waals surface area contributed by atoms with Crippen LogP contribution in [-0.4, -0.2) is 21.2 Å². The van der Waals surface area contributed by atoms with E-state index < -0.39 is 5.97 Å². The van der Waals surface area contributed by atoms with Crippen molar-refractivity contribution in [1.29, 1.82) is 0 Å². The van der Waals surface area contributed by atoms with Crippen molar-refractivity contribution in [2.24, 2.45) is 0 Å². The van der Waals surface area contributed by atoms with Crippen LogP contribution in [0, 0.1) is 0 Å². The summed E-state index contributed by atoms with van der Waals surface area (Å²) in [7, 11) is 0. The van der Waals surface area contributed by atoms with Crippen molar-refractivity contribution in [3.8, 4) is 0 Å². The molecule has 1 aliphatic rings. The molecule has 5 heteroatoms. The maximum absolute atomic E-state index is 10.4. The maximum Gasteiger partial charge on any atom is 0.303 e. The van der Waals surface area contributed by atoms with Gasteiger partial charge in [-0.1, -0.05) is 30.8 Å². The third kappa shape index (κ3) is 3.54. The highest BCUT2D eigenvalue weighted by Crippen LogP contribution is 2.29. The minimum Gasteiger partial charge on any atom is -0.481 e. The minimum atomic E-state index is -0.834. The van der Waals surface area contributed by atoms with Crippen molar-refractivity contribution in [1.82, 2.24) is 10.1 Å². The molecule has 1 aromatic heterocycles. The van der Waals surface area contributed by atoms with Gasteiger partial charge in [0.05, 0.1) is 6.42 Å². The molecule has 1 heterocycles. The summed E-state index contributed by atoms with van der Waals surface area (Å²) in [5.41, 5.74) is 0. The maximum atomic E-state index is 10.4. The Bertz CT molecular complexity index is 368. The number of hydrogen-bond donors (Lipinski definition) is 1. The number of aryl methyl sites for hydroxylation is 1. The van der Waals surface area contributed by atoms with Crippen LogP contribution in [0.5, 0.6) is 0 Å². The molecule has 17 heavy (non-hydrogen) atoms. The molecular weight excluding hydrogens is 220 g/mol. The molecule has 1 saturated carbocycles. The molecule has 1 N–H and O–H groups in total. The average Bonchev–Trinajstić information content (AvgIpc) is 2.60. The average molecular weight is 238 g/mol. The van der Waals surface area contributed by atoms with E-state index in [2.05, 4.69) is 10.1 Å². The predicted molar refractivity (Wildman–Crippen MR) is 60.7 cm³/mol. The van der Waals surface area contributed by atoms with Crippen LogP contribution in [0.25, 0.3) is 0 Å². The smallest absolute Gasteiger partial charge is 0.303 e. The van der Waals surface area contributed by atoms with E-state index in [1.54, 1.807) is 0 Å². The normalized spacial score (nSPS) is 17.9. The lowest BCUT2D eigenvalue weighted by atomic mass is 10.00. The van der Waals surface area contributed by atoms with Crippen molar-refractivity contribution in [2.45, 2.75) is 57.3 Å². The third-order valence-electron chi connectivity index (χ3n) is 3.26. The Hall–Kier alpha value is -1.39. The van der Waals surface area contributed by atoms with Gasteiger partial charge >= 0.3 is 5.97 Å². The van der Waals surface area contributed by atoms with E-state index >= 15 is 0 Å². The van der Waals surface area contributed by atoms with E-state index in [1.807, 2.05) is 0 Å². The number of aliphatic carboxylic acids is 1. The lowest BCUT2D eigenvalue weighted by Gasteiger charge is -2.07. The van der Waals surface area contributed by atoms with Crippen LogP contribution in [0.4, 0.5) is 0 Å². The zero-order valence-electron chi connectivity index (χ0n) is 9.89. The van der Waals surface area contributed by atoms with Crippen molar-refractivity contribution >= 4 is 5.97 Å². The van der Waals surface area contributed by atoms with Gasteiger partial charge < -0.3 is 9.63 Å². The summed E-state index contributed by atoms with van der Waals surface area (Å²) < 4.78 is 5.08. The van der Waals surface area contributed by atoms with E-state index in [1.165, 1.54) is 25.7 Å². The van der Waals surface area contributed by atoms with E-state index in [4.69, 9.17) is 9.63 Å². The van der Waals surface area contributed by atoms with E-state index in [9.17, 15) is 4.79 Å². The lowest BCUT2D eigenvalue weighted by molar-refractivity contribution is -0.137. The van der Waals surface area contributed by atoms with Crippen LogP contribution in [0.1, 0.15) is 62.6 Å². The van der Waals surface area contributed by atoms with Crippen molar-refractivity contribution in [3.63, 3.8) is 0 Å². The van der Waals surface area contributed by atoms with Crippen LogP contribution < -0.4 is 0 Å². The number of carboxylic acids is 1. The zero-order valence-corrected chi connectivity index (χ0v) is 9.89. The van der Waals surface area contributed by atoms with Gasteiger partial charge in [0.15, 0.2) is 5.82 Å². The molecule has 0 aromatic carbocycles. The number of nitrogens with zero attached hydrogens (tertiary/aromatic N) is 2. The summed E-state index contributed by atoms with van der Waals surface area (Å²) in [5.74, 6) is 0.790. The first-order valence-electron chi connectivity index (χ1n) is 6.30. The number of carboxylic acid groups (broad SMARTS) is 1. The van der Waals surface area contributed by atoms with Crippen LogP contribution in [0.2, 0.25) is 0 Å². The van der Waals surface area contributed by atoms with Crippen LogP contribution in [0.15, 0.2) is 4.52 Å². The second kappa shape index (κ2) is 5.80. The Balaban J connectivity index is 1.94. The molecule has 1 aliphatic carbocycles. The minimum absolute atomic E-state index is 0.0479. The summed E-state index contributed by atoms with van der Waals surface area (Å²) in [6.07, 6.45) is 7.66. The molecule has 1 fully saturated rings. The van der Waals surface area contributed by atoms with Crippen molar-refractivity contribution in [2.75, 3.05) is 0 Å². The van der Waals surface area contributed by atoms with Crippen LogP contribution in [0.3, 0.4) is 0 Å². The van der Waals surface area contributed by atoms with Gasteiger partial charge in [0, 0.05) is 12.3 Å². The van der Waals surface area contributed by atoms with E-state index in [0.29, 0.717) is 18.2 Å². The predicted octanol–water partition coefficient (Wildman–Crippen LogP) is 2.52. The third-order valence-corrected chi connectivity index (χ3v) is 3.26. The monoisotopic (exact) mass is 238 g/mol. The fourth-order valence-electron chi connectivity index (χ4n) is 2.29. The second-order valence-corrected chi connectivity index (χ2v) is 4.63. The van der Waals surface area contributed by atoms with E-state index in [-0.39, 0.29) is 6.42 Å². The molecule has 0 saturated heterocycles. The molecule has 0 spiro atoms. The first-order chi connectivity index (χ1) is 8.25. The molecule has 1 aromatic rings. The molecule has 0 aliphatic heterocycles. The largest absolute Gasteiger partial charge is 0.481 e. The van der Waals surface area contributed by atoms with E-state index in [0.717, 1.165) is 18.7 Å². The topological polar surface area (TPSA) is 76.2 Å². The summed E-state index contributed by atoms with van der Waals surface area (Å²) in [4.78, 5) is 14.7. The van der Waals surface area contributed by atoms with Gasteiger partial charge in [0.25, 0.3) is 0 Å². The van der Waals surface area contributed by atoms with Crippen molar-refractivity contribution < 1.29 is 14.4 Å². The standard InChI is InChI=1S/C12H18N2O3/c15-11(16)8-7-10-13-12(14-17-10)9-5-3-1-2-4-6-9/h9H,1-8H2,(H,15,16). The molecule has 0 bridgehead atoms. The van der Waals surface area contributed by atoms with Gasteiger partial charge in [0.1, 0.15) is 0 Å². The highest BCUT2D eigenvalue weighted by Gasteiger charge is 2.20. The summed E-state index contributed by atoms with van der Waals surface area (Å²) in [5, 5.41) is 12.6. The second-order valence-electron chi connectivity index (χ2n) is 4.63. The molecule has 0 radical (unpaired) electrons. The van der Waals surface area contributed by atoms with Gasteiger partial charge in [-0.25, -0.2) is 0 Å². The van der Waals surface area contributed by atoms with Gasteiger partial charge in [-0.3, -0.25) is 4.79 Å². The lowest BCUT2D eigenvalue weighted by Crippen LogP contribution is -2.01. The number of rotatable bonds is 4. The molecule has 2 rings (SSSR count). The van der Waals surface area contributed by atoms with Gasteiger partial charge in [-0.15, -0.1) is 0 Å². The quantitative estimate of drug-likeness (QED) is 0.815. The van der Waals surface area contributed by atoms with Crippen LogP contribution in [-0.2, 0) is 11.2 Å². The highest BCUT2D eigenvalue weighted by atomic mass is 16.5. The van der Waals surface area contributed by atoms with Gasteiger partial charge in [-0.2, -0.15) is 4.98 Å². The fourth-order valence-corrected chi connectivity index (χ4v) is 2.29. The Morgan fingerprint density at radius 1 is 1.29 bits per heavy atom. The molecule has 94 valence electrons. The summed E-state index contributed by atoms with van der Waals surface area (Å²) in [6.45, 7) is 0. The summed E-state index contributed by atoms with van der Waals surface area (Å²) in [6, 6.07) is 0. The SMILES string of the molecule is O=C(O)CCc1nc(C2CCCCCC2)no1. The zero-order chi connectivity index (χ0) is 12.1. The Kier molecular flexibility index (Phi) is 4.12. The fraction of sp³-hybridized carbons (Fsp3) is 0.750. The molecular formula is C12H18N2O3. The number of aromatic nitrogens is 2. The molecule has 5 nitrogen and oxygen atoms in total. The Morgan fingerprint density at radius 3 is 2.65 bits per heavy atom. The first-order valence-corrected chi connectivity index (χ1v) is 6.30. The summed E-state index contributed by atoms with van der Waals surface area (Å²) >= 11 is 0. The Labute approximate surface area is 100 Å². The first kappa shape index (κ1) is 12.1. The number of carbonyl (C=O) groups is 1. The molecule has 0 unspecified atom stereocenters. The highest BCUT2D eigenvalue weighted by molar-refractivity contribution is 5.66. The molecule has 0 atom stereocenters. The Morgan fingerprint density at radius 2 is 2.00 bits per heavy atom. The molecule has 0 amide bonds. The van der Waals surface area contributed by atoms with Crippen LogP contribution >= 0.6 is 0 Å². The van der Waals surface area contributed by atoms with Gasteiger partial charge in [-0.05, 0) is 12.8 Å². The van der Waals surface area contributed by atoms with Gasteiger partial charge in [0.2, 0.25) is 5.89 Å². The van der Waals surface area contributed by atoms with Crippen molar-refractivity contribution in [3.05, 3.63) is 11.7 Å².